The summed E-state index contributed by atoms with van der Waals surface area (Å²) < 4.78 is 0. The van der Waals surface area contributed by atoms with E-state index in [2.05, 4.69) is 25.3 Å². The number of pyridine rings is 2. The van der Waals surface area contributed by atoms with Gasteiger partial charge in [0, 0.05) is 48.7 Å². The zero-order valence-corrected chi connectivity index (χ0v) is 13.8. The molecule has 0 aliphatic carbocycles. The van der Waals surface area contributed by atoms with Crippen LogP contribution < -0.4 is 5.32 Å². The van der Waals surface area contributed by atoms with E-state index in [4.69, 9.17) is 0 Å². The van der Waals surface area contributed by atoms with Crippen LogP contribution in [0.5, 0.6) is 0 Å². The molecule has 3 aromatic heterocycles. The first-order chi connectivity index (χ1) is 12.8. The van der Waals surface area contributed by atoms with Crippen molar-refractivity contribution < 1.29 is 4.79 Å². The molecule has 0 radical (unpaired) electrons. The molecule has 26 heavy (non-hydrogen) atoms. The summed E-state index contributed by atoms with van der Waals surface area (Å²) in [7, 11) is 0. The van der Waals surface area contributed by atoms with E-state index >= 15 is 0 Å². The molecule has 0 atom stereocenters. The van der Waals surface area contributed by atoms with Crippen LogP contribution in [0.4, 0.5) is 0 Å². The van der Waals surface area contributed by atoms with Gasteiger partial charge < -0.3 is 5.32 Å². The predicted octanol–water partition coefficient (Wildman–Crippen LogP) is 3.02. The lowest BCUT2D eigenvalue weighted by atomic mass is 10.1. The highest BCUT2D eigenvalue weighted by molar-refractivity contribution is 5.97. The third-order valence-electron chi connectivity index (χ3n) is 3.97. The summed E-state index contributed by atoms with van der Waals surface area (Å²) >= 11 is 0. The lowest BCUT2D eigenvalue weighted by Gasteiger charge is -2.07. The summed E-state index contributed by atoms with van der Waals surface area (Å²) in [5.41, 5.74) is 4.74. The highest BCUT2D eigenvalue weighted by Gasteiger charge is 2.07. The molecular weight excluding hydrogens is 326 g/mol. The number of carbonyl (C=O) groups excluding carboxylic acids is 1. The van der Waals surface area contributed by atoms with Crippen LogP contribution in [0.15, 0.2) is 73.4 Å². The summed E-state index contributed by atoms with van der Waals surface area (Å²) in [6.45, 7) is 0.400. The van der Waals surface area contributed by atoms with Crippen molar-refractivity contribution in [3.63, 3.8) is 0 Å². The van der Waals surface area contributed by atoms with Crippen molar-refractivity contribution >= 4 is 16.9 Å². The molecule has 0 spiro atoms. The number of aromatic nitrogens is 4. The molecule has 4 aromatic rings. The molecule has 0 unspecified atom stereocenters. The summed E-state index contributed by atoms with van der Waals surface area (Å²) in [6.07, 6.45) is 8.50. The second kappa shape index (κ2) is 7.06. The van der Waals surface area contributed by atoms with Crippen molar-refractivity contribution in [2.75, 3.05) is 0 Å². The third kappa shape index (κ3) is 3.39. The monoisotopic (exact) mass is 341 g/mol. The van der Waals surface area contributed by atoms with Gasteiger partial charge in [0.25, 0.3) is 5.91 Å². The minimum Gasteiger partial charge on any atom is -0.348 e. The van der Waals surface area contributed by atoms with Crippen LogP contribution >= 0.6 is 0 Å². The number of rotatable bonds is 4. The predicted molar refractivity (Wildman–Crippen MR) is 98.2 cm³/mol. The van der Waals surface area contributed by atoms with E-state index < -0.39 is 0 Å². The fourth-order valence-corrected chi connectivity index (χ4v) is 2.60. The Balaban J connectivity index is 1.43. The second-order valence-corrected chi connectivity index (χ2v) is 5.74. The SMILES string of the molecule is O=C(NCc1ccc(-c2cccnc2)nc1)c1ccc2nccnc2c1. The van der Waals surface area contributed by atoms with Crippen LogP contribution in [0.3, 0.4) is 0 Å². The van der Waals surface area contributed by atoms with Gasteiger partial charge in [-0.2, -0.15) is 0 Å². The molecule has 3 heterocycles. The highest BCUT2D eigenvalue weighted by atomic mass is 16.1. The van der Waals surface area contributed by atoms with Gasteiger partial charge in [-0.3, -0.25) is 24.7 Å². The first-order valence-corrected chi connectivity index (χ1v) is 8.14. The first-order valence-electron chi connectivity index (χ1n) is 8.14. The Morgan fingerprint density at radius 1 is 0.885 bits per heavy atom. The normalized spacial score (nSPS) is 10.6. The Bertz CT molecular complexity index is 1050. The fraction of sp³-hybridized carbons (Fsp3) is 0.0500. The molecular formula is C20H15N5O. The van der Waals surface area contributed by atoms with Crippen LogP contribution in [0.1, 0.15) is 15.9 Å². The van der Waals surface area contributed by atoms with Crippen LogP contribution in [0.2, 0.25) is 0 Å². The molecule has 6 nitrogen and oxygen atoms in total. The molecule has 0 aliphatic heterocycles. The number of hydrogen-bond acceptors (Lipinski definition) is 5. The van der Waals surface area contributed by atoms with Crippen molar-refractivity contribution in [3.05, 3.63) is 84.6 Å². The van der Waals surface area contributed by atoms with Crippen molar-refractivity contribution in [1.29, 1.82) is 0 Å². The summed E-state index contributed by atoms with van der Waals surface area (Å²) in [4.78, 5) is 29.3. The molecule has 126 valence electrons. The maximum atomic E-state index is 12.4. The summed E-state index contributed by atoms with van der Waals surface area (Å²) in [5.74, 6) is -0.158. The van der Waals surface area contributed by atoms with Gasteiger partial charge in [0.05, 0.1) is 16.7 Å². The maximum Gasteiger partial charge on any atom is 0.251 e. The van der Waals surface area contributed by atoms with Crippen LogP contribution in [0, 0.1) is 0 Å². The van der Waals surface area contributed by atoms with Gasteiger partial charge in [0.2, 0.25) is 0 Å². The van der Waals surface area contributed by atoms with Gasteiger partial charge in [-0.15, -0.1) is 0 Å². The topological polar surface area (TPSA) is 80.7 Å². The number of benzene rings is 1. The lowest BCUT2D eigenvalue weighted by molar-refractivity contribution is 0.0951. The van der Waals surface area contributed by atoms with E-state index in [1.807, 2.05) is 24.3 Å². The van der Waals surface area contributed by atoms with E-state index in [1.165, 1.54) is 0 Å². The number of nitrogens with one attached hydrogen (secondary N) is 1. The van der Waals surface area contributed by atoms with Crippen LogP contribution in [0.25, 0.3) is 22.3 Å². The van der Waals surface area contributed by atoms with Gasteiger partial charge in [-0.05, 0) is 42.0 Å². The van der Waals surface area contributed by atoms with Gasteiger partial charge in [0.15, 0.2) is 0 Å². The minimum absolute atomic E-state index is 0.158. The van der Waals surface area contributed by atoms with Crippen molar-refractivity contribution in [1.82, 2.24) is 25.3 Å². The standard InChI is InChI=1S/C20H15N5O/c26-20(15-4-6-18-19(10-15)23-9-8-22-18)25-12-14-3-5-17(24-11-14)16-2-1-7-21-13-16/h1-11,13H,12H2,(H,25,26). The first kappa shape index (κ1) is 15.8. The highest BCUT2D eigenvalue weighted by Crippen LogP contribution is 2.15. The average Bonchev–Trinajstić information content (AvgIpc) is 2.72. The van der Waals surface area contributed by atoms with Crippen molar-refractivity contribution in [3.8, 4) is 11.3 Å². The van der Waals surface area contributed by atoms with Crippen molar-refractivity contribution in [2.45, 2.75) is 6.54 Å². The largest absolute Gasteiger partial charge is 0.348 e. The number of fused-ring (bicyclic) bond motifs is 1. The van der Waals surface area contributed by atoms with Gasteiger partial charge >= 0.3 is 0 Å². The Hall–Kier alpha value is -3.67. The van der Waals surface area contributed by atoms with Crippen molar-refractivity contribution in [2.24, 2.45) is 0 Å². The molecule has 0 saturated carbocycles. The van der Waals surface area contributed by atoms with E-state index in [-0.39, 0.29) is 5.91 Å². The molecule has 0 bridgehead atoms. The Kier molecular flexibility index (Phi) is 4.30. The fourth-order valence-electron chi connectivity index (χ4n) is 2.60. The van der Waals surface area contributed by atoms with E-state index in [9.17, 15) is 4.79 Å². The average molecular weight is 341 g/mol. The van der Waals surface area contributed by atoms with E-state index in [0.29, 0.717) is 17.6 Å². The molecule has 6 heteroatoms. The zero-order valence-electron chi connectivity index (χ0n) is 13.8. The summed E-state index contributed by atoms with van der Waals surface area (Å²) in [6, 6.07) is 13.0. The Morgan fingerprint density at radius 3 is 2.54 bits per heavy atom. The third-order valence-corrected chi connectivity index (χ3v) is 3.97. The maximum absolute atomic E-state index is 12.4. The second-order valence-electron chi connectivity index (χ2n) is 5.74. The van der Waals surface area contributed by atoms with E-state index in [1.54, 1.807) is 49.2 Å². The van der Waals surface area contributed by atoms with Gasteiger partial charge in [0.1, 0.15) is 0 Å². The number of carbonyl (C=O) groups is 1. The van der Waals surface area contributed by atoms with Gasteiger partial charge in [-0.1, -0.05) is 6.07 Å². The van der Waals surface area contributed by atoms with Crippen LogP contribution in [-0.2, 0) is 6.54 Å². The number of amides is 1. The molecule has 1 aromatic carbocycles. The molecule has 1 N–H and O–H groups in total. The molecule has 0 aliphatic rings. The lowest BCUT2D eigenvalue weighted by Crippen LogP contribution is -2.22. The molecule has 0 saturated heterocycles. The molecule has 4 rings (SSSR count). The van der Waals surface area contributed by atoms with Crippen LogP contribution in [-0.4, -0.2) is 25.8 Å². The number of hydrogen-bond donors (Lipinski definition) is 1. The quantitative estimate of drug-likeness (QED) is 0.617. The molecule has 1 amide bonds. The Labute approximate surface area is 150 Å². The smallest absolute Gasteiger partial charge is 0.251 e. The minimum atomic E-state index is -0.158. The Morgan fingerprint density at radius 2 is 1.77 bits per heavy atom. The summed E-state index contributed by atoms with van der Waals surface area (Å²) in [5, 5.41) is 2.90. The van der Waals surface area contributed by atoms with Gasteiger partial charge in [-0.25, -0.2) is 0 Å². The zero-order chi connectivity index (χ0) is 17.8. The number of nitrogens with zero attached hydrogens (tertiary/aromatic N) is 4. The van der Waals surface area contributed by atoms with E-state index in [0.717, 1.165) is 22.3 Å². The molecule has 0 fully saturated rings.